The van der Waals surface area contributed by atoms with E-state index in [1.165, 1.54) is 0 Å². The van der Waals surface area contributed by atoms with Crippen molar-refractivity contribution in [1.29, 1.82) is 0 Å². The number of carbonyl (C=O) groups excluding carboxylic acids is 1. The number of hydrogen-bond acceptors (Lipinski definition) is 4. The van der Waals surface area contributed by atoms with Gasteiger partial charge in [-0.2, -0.15) is 0 Å². The fourth-order valence-electron chi connectivity index (χ4n) is 3.55. The molecule has 29 heavy (non-hydrogen) atoms. The summed E-state index contributed by atoms with van der Waals surface area (Å²) in [5, 5.41) is 0.681. The highest BCUT2D eigenvalue weighted by atomic mass is 35.5. The molecule has 1 fully saturated rings. The lowest BCUT2D eigenvalue weighted by Crippen LogP contribution is -2.43. The molecule has 1 unspecified atom stereocenters. The molecule has 156 valence electrons. The Hall–Kier alpha value is -2.05. The van der Waals surface area contributed by atoms with Crippen LogP contribution in [0.2, 0.25) is 5.02 Å². The van der Waals surface area contributed by atoms with Crippen LogP contribution in [0.15, 0.2) is 36.4 Å². The third kappa shape index (κ3) is 5.52. The Balaban J connectivity index is 1.75. The zero-order valence-corrected chi connectivity index (χ0v) is 18.5. The van der Waals surface area contributed by atoms with Gasteiger partial charge in [-0.1, -0.05) is 41.4 Å². The van der Waals surface area contributed by atoms with Gasteiger partial charge in [0, 0.05) is 17.6 Å². The van der Waals surface area contributed by atoms with Gasteiger partial charge in [-0.3, -0.25) is 4.79 Å². The van der Waals surface area contributed by atoms with Crippen LogP contribution in [0.25, 0.3) is 0 Å². The second-order valence-electron chi connectivity index (χ2n) is 7.72. The van der Waals surface area contributed by atoms with Crippen LogP contribution in [-0.4, -0.2) is 43.4 Å². The molecule has 0 aromatic heterocycles. The van der Waals surface area contributed by atoms with Gasteiger partial charge in [-0.05, 0) is 56.0 Å². The van der Waals surface area contributed by atoms with Crippen molar-refractivity contribution in [2.75, 3.05) is 18.1 Å². The van der Waals surface area contributed by atoms with Crippen LogP contribution >= 0.6 is 11.6 Å². The first-order valence-corrected chi connectivity index (χ1v) is 11.8. The molecule has 1 aliphatic heterocycles. The first-order valence-electron chi connectivity index (χ1n) is 9.59. The van der Waals surface area contributed by atoms with Gasteiger partial charge in [0.05, 0.1) is 11.5 Å². The average Bonchev–Trinajstić information content (AvgIpc) is 3.03. The minimum absolute atomic E-state index is 0.00373. The van der Waals surface area contributed by atoms with Crippen molar-refractivity contribution in [3.05, 3.63) is 63.7 Å². The maximum atomic E-state index is 13.0. The van der Waals surface area contributed by atoms with E-state index in [0.717, 1.165) is 22.3 Å². The third-order valence-corrected chi connectivity index (χ3v) is 7.56. The number of rotatable bonds is 6. The molecule has 2 aromatic carbocycles. The second-order valence-corrected chi connectivity index (χ2v) is 10.3. The van der Waals surface area contributed by atoms with Crippen molar-refractivity contribution in [3.63, 3.8) is 0 Å². The fourth-order valence-corrected chi connectivity index (χ4v) is 5.39. The summed E-state index contributed by atoms with van der Waals surface area (Å²) in [6.45, 7) is 5.98. The first kappa shape index (κ1) is 21.7. The lowest BCUT2D eigenvalue weighted by atomic mass is 10.1. The highest BCUT2D eigenvalue weighted by Gasteiger charge is 2.34. The number of sulfone groups is 1. The van der Waals surface area contributed by atoms with Gasteiger partial charge >= 0.3 is 0 Å². The van der Waals surface area contributed by atoms with E-state index in [1.807, 2.05) is 45.0 Å². The number of aryl methyl sites for hydroxylation is 3. The van der Waals surface area contributed by atoms with Crippen LogP contribution in [0.1, 0.15) is 28.7 Å². The summed E-state index contributed by atoms with van der Waals surface area (Å²) in [5.74, 6) is 0.472. The Morgan fingerprint density at radius 2 is 1.76 bits per heavy atom. The van der Waals surface area contributed by atoms with Gasteiger partial charge in [0.2, 0.25) is 0 Å². The molecule has 1 atom stereocenters. The van der Waals surface area contributed by atoms with Crippen molar-refractivity contribution < 1.29 is 17.9 Å². The van der Waals surface area contributed by atoms with Gasteiger partial charge in [0.15, 0.2) is 16.4 Å². The average molecular weight is 436 g/mol. The minimum Gasteiger partial charge on any atom is -0.484 e. The molecule has 7 heteroatoms. The van der Waals surface area contributed by atoms with Crippen molar-refractivity contribution >= 4 is 27.3 Å². The molecule has 0 aliphatic carbocycles. The van der Waals surface area contributed by atoms with Crippen LogP contribution < -0.4 is 4.74 Å². The van der Waals surface area contributed by atoms with E-state index < -0.39 is 9.84 Å². The summed E-state index contributed by atoms with van der Waals surface area (Å²) in [5.41, 5.74) is 3.86. The van der Waals surface area contributed by atoms with Crippen LogP contribution in [0, 0.1) is 20.8 Å². The van der Waals surface area contributed by atoms with Crippen molar-refractivity contribution in [2.45, 2.75) is 39.8 Å². The Kier molecular flexibility index (Phi) is 6.54. The topological polar surface area (TPSA) is 63.7 Å². The van der Waals surface area contributed by atoms with E-state index in [9.17, 15) is 13.2 Å². The lowest BCUT2D eigenvalue weighted by Gasteiger charge is -2.28. The number of amides is 1. The summed E-state index contributed by atoms with van der Waals surface area (Å²) in [4.78, 5) is 14.6. The minimum atomic E-state index is -3.11. The van der Waals surface area contributed by atoms with Crippen LogP contribution in [-0.2, 0) is 21.2 Å². The molecular formula is C22H26ClNO4S. The maximum absolute atomic E-state index is 13.0. The van der Waals surface area contributed by atoms with Crippen molar-refractivity contribution in [3.8, 4) is 5.75 Å². The SMILES string of the molecule is Cc1ccc(CN(C(=O)COc2cc(C)c(Cl)c(C)c2)C2CCS(=O)(=O)C2)cc1. The zero-order chi connectivity index (χ0) is 21.2. The summed E-state index contributed by atoms with van der Waals surface area (Å²) in [6.07, 6.45) is 0.457. The number of nitrogens with zero attached hydrogens (tertiary/aromatic N) is 1. The number of carbonyl (C=O) groups is 1. The number of benzene rings is 2. The molecule has 1 saturated heterocycles. The predicted octanol–water partition coefficient (Wildman–Crippen LogP) is 3.86. The Labute approximate surface area is 177 Å². The highest BCUT2D eigenvalue weighted by molar-refractivity contribution is 7.91. The largest absolute Gasteiger partial charge is 0.484 e. The van der Waals surface area contributed by atoms with Gasteiger partial charge in [-0.15, -0.1) is 0 Å². The molecule has 0 saturated carbocycles. The van der Waals surface area contributed by atoms with E-state index >= 15 is 0 Å². The molecule has 0 radical (unpaired) electrons. The Bertz CT molecular complexity index is 979. The summed E-state index contributed by atoms with van der Waals surface area (Å²) >= 11 is 6.19. The van der Waals surface area contributed by atoms with Gasteiger partial charge in [0.1, 0.15) is 5.75 Å². The Morgan fingerprint density at radius 3 is 2.31 bits per heavy atom. The van der Waals surface area contributed by atoms with E-state index in [2.05, 4.69) is 0 Å². The highest BCUT2D eigenvalue weighted by Crippen LogP contribution is 2.26. The van der Waals surface area contributed by atoms with Crippen molar-refractivity contribution in [1.82, 2.24) is 4.90 Å². The zero-order valence-electron chi connectivity index (χ0n) is 16.9. The number of ether oxygens (including phenoxy) is 1. The summed E-state index contributed by atoms with van der Waals surface area (Å²) < 4.78 is 29.7. The second kappa shape index (κ2) is 8.76. The Morgan fingerprint density at radius 1 is 1.14 bits per heavy atom. The van der Waals surface area contributed by atoms with E-state index in [-0.39, 0.29) is 30.1 Å². The smallest absolute Gasteiger partial charge is 0.261 e. The molecule has 2 aromatic rings. The van der Waals surface area contributed by atoms with Crippen LogP contribution in [0.5, 0.6) is 5.75 Å². The molecule has 1 aliphatic rings. The maximum Gasteiger partial charge on any atom is 0.261 e. The molecule has 0 bridgehead atoms. The molecule has 0 spiro atoms. The third-order valence-electron chi connectivity index (χ3n) is 5.22. The normalized spacial score (nSPS) is 17.9. The summed E-state index contributed by atoms with van der Waals surface area (Å²) in [7, 11) is -3.11. The van der Waals surface area contributed by atoms with Gasteiger partial charge < -0.3 is 9.64 Å². The van der Waals surface area contributed by atoms with Crippen LogP contribution in [0.4, 0.5) is 0 Å². The van der Waals surface area contributed by atoms with Gasteiger partial charge in [0.25, 0.3) is 5.91 Å². The number of hydrogen-bond donors (Lipinski definition) is 0. The number of halogens is 1. The van der Waals surface area contributed by atoms with E-state index in [4.69, 9.17) is 16.3 Å². The van der Waals surface area contributed by atoms with E-state index in [0.29, 0.717) is 23.7 Å². The van der Waals surface area contributed by atoms with E-state index in [1.54, 1.807) is 17.0 Å². The predicted molar refractivity (Wildman–Crippen MR) is 115 cm³/mol. The molecule has 3 rings (SSSR count). The van der Waals surface area contributed by atoms with Gasteiger partial charge in [-0.25, -0.2) is 8.42 Å². The molecule has 0 N–H and O–H groups in total. The fraction of sp³-hybridized carbons (Fsp3) is 0.409. The van der Waals surface area contributed by atoms with Crippen molar-refractivity contribution in [2.24, 2.45) is 0 Å². The molecule has 5 nitrogen and oxygen atoms in total. The monoisotopic (exact) mass is 435 g/mol. The first-order chi connectivity index (χ1) is 13.6. The molecule has 1 amide bonds. The van der Waals surface area contributed by atoms with Crippen LogP contribution in [0.3, 0.4) is 0 Å². The molecule has 1 heterocycles. The standard InChI is InChI=1S/C22H26ClNO4S/c1-15-4-6-18(7-5-15)12-24(19-8-9-29(26,27)14-19)21(25)13-28-20-10-16(2)22(23)17(3)11-20/h4-7,10-11,19H,8-9,12-14H2,1-3H3. The quantitative estimate of drug-likeness (QED) is 0.691. The lowest BCUT2D eigenvalue weighted by molar-refractivity contribution is -0.136. The molecular weight excluding hydrogens is 410 g/mol. The summed E-state index contributed by atoms with van der Waals surface area (Å²) in [6, 6.07) is 11.2.